The van der Waals surface area contributed by atoms with Crippen LogP contribution in [0.1, 0.15) is 11.1 Å². The zero-order valence-electron chi connectivity index (χ0n) is 8.53. The van der Waals surface area contributed by atoms with Crippen LogP contribution in [-0.4, -0.2) is 15.0 Å². The lowest BCUT2D eigenvalue weighted by molar-refractivity contribution is 1.13. The number of aryl methyl sites for hydroxylation is 2. The summed E-state index contributed by atoms with van der Waals surface area (Å²) in [5.74, 6) is 0. The van der Waals surface area contributed by atoms with Crippen molar-refractivity contribution in [3.8, 4) is 11.3 Å². The second-order valence-electron chi connectivity index (χ2n) is 3.36. The van der Waals surface area contributed by atoms with Crippen molar-refractivity contribution in [2.24, 2.45) is 0 Å². The Morgan fingerprint density at radius 3 is 2.67 bits per heavy atom. The summed E-state index contributed by atoms with van der Waals surface area (Å²) in [5, 5.41) is 0.270. The van der Waals surface area contributed by atoms with Crippen LogP contribution < -0.4 is 0 Å². The van der Waals surface area contributed by atoms with E-state index in [9.17, 15) is 0 Å². The molecule has 2 aromatic heterocycles. The zero-order valence-corrected chi connectivity index (χ0v) is 9.28. The molecule has 0 aliphatic carbocycles. The van der Waals surface area contributed by atoms with Crippen molar-refractivity contribution in [2.45, 2.75) is 13.8 Å². The fraction of sp³-hybridized carbons (Fsp3) is 0.182. The zero-order chi connectivity index (χ0) is 10.8. The number of hydrogen-bond donors (Lipinski definition) is 0. The van der Waals surface area contributed by atoms with Crippen molar-refractivity contribution in [1.29, 1.82) is 0 Å². The average Bonchev–Trinajstić information content (AvgIpc) is 2.23. The van der Waals surface area contributed by atoms with Crippen LogP contribution in [0.2, 0.25) is 5.28 Å². The van der Waals surface area contributed by atoms with Crippen molar-refractivity contribution in [3.05, 3.63) is 41.1 Å². The first-order valence-electron chi connectivity index (χ1n) is 4.58. The molecule has 0 amide bonds. The highest BCUT2D eigenvalue weighted by Gasteiger charge is 2.07. The molecular formula is C11H10ClN3. The van der Waals surface area contributed by atoms with Crippen LogP contribution in [0.5, 0.6) is 0 Å². The molecule has 0 aliphatic heterocycles. The first-order valence-corrected chi connectivity index (χ1v) is 4.96. The first-order chi connectivity index (χ1) is 7.18. The van der Waals surface area contributed by atoms with Gasteiger partial charge in [0.1, 0.15) is 0 Å². The quantitative estimate of drug-likeness (QED) is 0.693. The molecule has 2 aromatic rings. The Bertz CT molecular complexity index is 497. The van der Waals surface area contributed by atoms with E-state index in [2.05, 4.69) is 15.0 Å². The van der Waals surface area contributed by atoms with Crippen LogP contribution in [0.15, 0.2) is 24.7 Å². The summed E-state index contributed by atoms with van der Waals surface area (Å²) in [6, 6.07) is 1.93. The summed E-state index contributed by atoms with van der Waals surface area (Å²) in [6.07, 6.45) is 5.28. The summed E-state index contributed by atoms with van der Waals surface area (Å²) in [4.78, 5) is 12.2. The molecule has 0 radical (unpaired) electrons. The van der Waals surface area contributed by atoms with E-state index in [0.29, 0.717) is 0 Å². The molecule has 0 spiro atoms. The lowest BCUT2D eigenvalue weighted by Crippen LogP contribution is -1.94. The lowest BCUT2D eigenvalue weighted by Gasteiger charge is -2.06. The van der Waals surface area contributed by atoms with Gasteiger partial charge >= 0.3 is 0 Å². The Labute approximate surface area is 93.2 Å². The predicted octanol–water partition coefficient (Wildman–Crippen LogP) is 2.81. The Morgan fingerprint density at radius 2 is 1.93 bits per heavy atom. The molecule has 0 saturated carbocycles. The van der Waals surface area contributed by atoms with Gasteiger partial charge in [0.15, 0.2) is 0 Å². The van der Waals surface area contributed by atoms with E-state index in [0.717, 1.165) is 22.4 Å². The second-order valence-corrected chi connectivity index (χ2v) is 3.70. The molecule has 0 aliphatic rings. The van der Waals surface area contributed by atoms with Gasteiger partial charge in [-0.15, -0.1) is 0 Å². The van der Waals surface area contributed by atoms with E-state index in [1.807, 2.05) is 26.1 Å². The molecule has 0 saturated heterocycles. The highest BCUT2D eigenvalue weighted by Crippen LogP contribution is 2.23. The van der Waals surface area contributed by atoms with E-state index >= 15 is 0 Å². The Kier molecular flexibility index (Phi) is 2.64. The summed E-state index contributed by atoms with van der Waals surface area (Å²) < 4.78 is 0. The third-order valence-corrected chi connectivity index (χ3v) is 2.40. The molecule has 0 atom stereocenters. The van der Waals surface area contributed by atoms with Crippen molar-refractivity contribution < 1.29 is 0 Å². The average molecular weight is 220 g/mol. The second kappa shape index (κ2) is 3.95. The molecule has 0 fully saturated rings. The van der Waals surface area contributed by atoms with Crippen LogP contribution in [0.3, 0.4) is 0 Å². The van der Waals surface area contributed by atoms with Crippen LogP contribution in [0, 0.1) is 13.8 Å². The molecule has 0 aromatic carbocycles. The van der Waals surface area contributed by atoms with Crippen LogP contribution in [0.4, 0.5) is 0 Å². The van der Waals surface area contributed by atoms with E-state index < -0.39 is 0 Å². The van der Waals surface area contributed by atoms with Crippen LogP contribution in [-0.2, 0) is 0 Å². The SMILES string of the molecule is Cc1cnccc1-c1nc(Cl)ncc1C. The minimum Gasteiger partial charge on any atom is -0.264 e. The number of hydrogen-bond acceptors (Lipinski definition) is 3. The minimum atomic E-state index is 0.270. The summed E-state index contributed by atoms with van der Waals surface area (Å²) in [7, 11) is 0. The maximum atomic E-state index is 5.78. The van der Waals surface area contributed by atoms with E-state index in [4.69, 9.17) is 11.6 Å². The molecule has 15 heavy (non-hydrogen) atoms. The minimum absolute atomic E-state index is 0.270. The first kappa shape index (κ1) is 10.1. The number of nitrogens with zero attached hydrogens (tertiary/aromatic N) is 3. The van der Waals surface area contributed by atoms with Gasteiger partial charge in [-0.3, -0.25) is 4.98 Å². The molecule has 0 N–H and O–H groups in total. The van der Waals surface area contributed by atoms with E-state index in [1.165, 1.54) is 0 Å². The maximum Gasteiger partial charge on any atom is 0.222 e. The van der Waals surface area contributed by atoms with Crippen molar-refractivity contribution in [1.82, 2.24) is 15.0 Å². The van der Waals surface area contributed by atoms with Crippen molar-refractivity contribution in [2.75, 3.05) is 0 Å². The van der Waals surface area contributed by atoms with Crippen molar-refractivity contribution >= 4 is 11.6 Å². The normalized spacial score (nSPS) is 10.3. The monoisotopic (exact) mass is 219 g/mol. The Morgan fingerprint density at radius 1 is 1.13 bits per heavy atom. The fourth-order valence-corrected chi connectivity index (χ4v) is 1.57. The molecule has 76 valence electrons. The summed E-state index contributed by atoms with van der Waals surface area (Å²) in [5.41, 5.74) is 4.01. The van der Waals surface area contributed by atoms with Gasteiger partial charge in [0.25, 0.3) is 0 Å². The van der Waals surface area contributed by atoms with Gasteiger partial charge in [-0.2, -0.15) is 0 Å². The van der Waals surface area contributed by atoms with Gasteiger partial charge < -0.3 is 0 Å². The predicted molar refractivity (Wildman–Crippen MR) is 59.7 cm³/mol. The molecule has 3 nitrogen and oxygen atoms in total. The number of pyridine rings is 1. The number of rotatable bonds is 1. The molecule has 2 heterocycles. The Hall–Kier alpha value is -1.48. The van der Waals surface area contributed by atoms with Crippen LogP contribution >= 0.6 is 11.6 Å². The van der Waals surface area contributed by atoms with Gasteiger partial charge in [-0.25, -0.2) is 9.97 Å². The number of halogens is 1. The molecule has 0 unspecified atom stereocenters. The lowest BCUT2D eigenvalue weighted by atomic mass is 10.1. The maximum absolute atomic E-state index is 5.78. The standard InChI is InChI=1S/C11H10ClN3/c1-7-5-13-4-3-9(7)10-8(2)6-14-11(12)15-10/h3-6H,1-2H3. The highest BCUT2D eigenvalue weighted by molar-refractivity contribution is 6.28. The Balaban J connectivity index is 2.64. The van der Waals surface area contributed by atoms with Gasteiger partial charge in [-0.05, 0) is 42.6 Å². The topological polar surface area (TPSA) is 38.7 Å². The summed E-state index contributed by atoms with van der Waals surface area (Å²) >= 11 is 5.78. The third kappa shape index (κ3) is 1.97. The van der Waals surface area contributed by atoms with E-state index in [-0.39, 0.29) is 5.28 Å². The molecular weight excluding hydrogens is 210 g/mol. The fourth-order valence-electron chi connectivity index (χ4n) is 1.43. The van der Waals surface area contributed by atoms with Gasteiger partial charge in [0.2, 0.25) is 5.28 Å². The van der Waals surface area contributed by atoms with E-state index in [1.54, 1.807) is 12.4 Å². The third-order valence-electron chi connectivity index (χ3n) is 2.22. The van der Waals surface area contributed by atoms with Gasteiger partial charge in [0, 0.05) is 24.2 Å². The smallest absolute Gasteiger partial charge is 0.222 e. The van der Waals surface area contributed by atoms with Crippen molar-refractivity contribution in [3.63, 3.8) is 0 Å². The summed E-state index contributed by atoms with van der Waals surface area (Å²) in [6.45, 7) is 3.96. The van der Waals surface area contributed by atoms with Gasteiger partial charge in [0.05, 0.1) is 5.69 Å². The molecule has 4 heteroatoms. The van der Waals surface area contributed by atoms with Gasteiger partial charge in [-0.1, -0.05) is 0 Å². The van der Waals surface area contributed by atoms with Crippen LogP contribution in [0.25, 0.3) is 11.3 Å². The highest BCUT2D eigenvalue weighted by atomic mass is 35.5. The molecule has 0 bridgehead atoms. The molecule has 2 rings (SSSR count). The largest absolute Gasteiger partial charge is 0.264 e. The number of aromatic nitrogens is 3.